The maximum atomic E-state index is 12.7. The van der Waals surface area contributed by atoms with Gasteiger partial charge in [0.15, 0.2) is 5.78 Å². The van der Waals surface area contributed by atoms with Gasteiger partial charge in [-0.3, -0.25) is 19.5 Å². The van der Waals surface area contributed by atoms with Crippen molar-refractivity contribution >= 4 is 23.0 Å². The normalized spacial score (nSPS) is 12.2. The number of allylic oxidation sites excluding steroid dienone is 5. The van der Waals surface area contributed by atoms with Crippen molar-refractivity contribution in [2.24, 2.45) is 5.92 Å². The standard InChI is InChI=1S/C23H32N2O2/c1-14(2)10-11-21(15(3)4)25(20(9)27)22-12-13-24-18(7)23(22)17(6)16(5)19(8)26/h10-14H,1-9H3/b11-10-,17-16+. The predicted octanol–water partition coefficient (Wildman–Crippen LogP) is 5.63. The third-order valence-electron chi connectivity index (χ3n) is 4.53. The van der Waals surface area contributed by atoms with Crippen LogP contribution in [0.3, 0.4) is 0 Å². The van der Waals surface area contributed by atoms with Gasteiger partial charge in [-0.2, -0.15) is 0 Å². The maximum Gasteiger partial charge on any atom is 0.228 e. The highest BCUT2D eigenvalue weighted by Gasteiger charge is 2.22. The zero-order chi connectivity index (χ0) is 20.9. The first kappa shape index (κ1) is 22.6. The van der Waals surface area contributed by atoms with Crippen molar-refractivity contribution in [3.63, 3.8) is 0 Å². The van der Waals surface area contributed by atoms with E-state index in [0.717, 1.165) is 33.8 Å². The average molecular weight is 369 g/mol. The Morgan fingerprint density at radius 3 is 2.11 bits per heavy atom. The third kappa shape index (κ3) is 5.49. The minimum Gasteiger partial charge on any atom is -0.295 e. The van der Waals surface area contributed by atoms with Crippen molar-refractivity contribution < 1.29 is 9.59 Å². The number of ketones is 1. The highest BCUT2D eigenvalue weighted by atomic mass is 16.2. The number of nitrogens with zero attached hydrogens (tertiary/aromatic N) is 2. The van der Waals surface area contributed by atoms with Crippen LogP contribution < -0.4 is 4.90 Å². The molecule has 1 amide bonds. The lowest BCUT2D eigenvalue weighted by molar-refractivity contribution is -0.116. The molecular weight excluding hydrogens is 336 g/mol. The van der Waals surface area contributed by atoms with E-state index in [4.69, 9.17) is 0 Å². The minimum absolute atomic E-state index is 0.0122. The predicted molar refractivity (Wildman–Crippen MR) is 113 cm³/mol. The summed E-state index contributed by atoms with van der Waals surface area (Å²) in [5, 5.41) is 0. The lowest BCUT2D eigenvalue weighted by atomic mass is 9.96. The molecule has 4 nitrogen and oxygen atoms in total. The SMILES string of the molecule is CC(=O)/C(C)=C(\C)c1c(N(C(C)=O)C(/C=C\C(C)C)=C(C)C)ccnc1C. The Labute approximate surface area is 163 Å². The molecule has 0 aliphatic rings. The number of pyridine rings is 1. The van der Waals surface area contributed by atoms with Crippen molar-refractivity contribution in [3.8, 4) is 0 Å². The van der Waals surface area contributed by atoms with Gasteiger partial charge in [0.1, 0.15) is 0 Å². The van der Waals surface area contributed by atoms with Gasteiger partial charge in [-0.1, -0.05) is 25.5 Å². The van der Waals surface area contributed by atoms with Gasteiger partial charge >= 0.3 is 0 Å². The molecule has 0 radical (unpaired) electrons. The van der Waals surface area contributed by atoms with Gasteiger partial charge in [0.2, 0.25) is 5.91 Å². The van der Waals surface area contributed by atoms with Crippen LogP contribution in [0.2, 0.25) is 0 Å². The number of Topliss-reactive ketones (excluding diaryl/α,β-unsaturated/α-hetero) is 1. The van der Waals surface area contributed by atoms with Crippen LogP contribution in [0.15, 0.2) is 41.3 Å². The van der Waals surface area contributed by atoms with Crippen molar-refractivity contribution in [1.29, 1.82) is 0 Å². The summed E-state index contributed by atoms with van der Waals surface area (Å²) < 4.78 is 0. The van der Waals surface area contributed by atoms with Crippen molar-refractivity contribution in [1.82, 2.24) is 4.98 Å². The van der Waals surface area contributed by atoms with Gasteiger partial charge in [-0.05, 0) is 70.7 Å². The molecule has 0 bridgehead atoms. The fourth-order valence-corrected chi connectivity index (χ4v) is 2.87. The molecule has 0 aromatic carbocycles. The first-order valence-corrected chi connectivity index (χ1v) is 9.29. The molecule has 0 unspecified atom stereocenters. The molecule has 0 saturated heterocycles. The summed E-state index contributed by atoms with van der Waals surface area (Å²) in [5.41, 5.74) is 5.76. The molecule has 0 N–H and O–H groups in total. The summed E-state index contributed by atoms with van der Waals surface area (Å²) in [7, 11) is 0. The number of rotatable bonds is 6. The zero-order valence-electron chi connectivity index (χ0n) is 18.1. The number of hydrogen-bond acceptors (Lipinski definition) is 3. The van der Waals surface area contributed by atoms with Gasteiger partial charge in [0.25, 0.3) is 0 Å². The molecule has 1 aromatic heterocycles. The minimum atomic E-state index is -0.0836. The van der Waals surface area contributed by atoms with E-state index in [-0.39, 0.29) is 11.7 Å². The van der Waals surface area contributed by atoms with Crippen LogP contribution in [0.1, 0.15) is 66.6 Å². The van der Waals surface area contributed by atoms with E-state index in [1.807, 2.05) is 46.8 Å². The summed E-state index contributed by atoms with van der Waals surface area (Å²) in [6, 6.07) is 1.84. The molecule has 0 spiro atoms. The Kier molecular flexibility index (Phi) is 7.89. The van der Waals surface area contributed by atoms with Crippen LogP contribution in [-0.2, 0) is 9.59 Å². The van der Waals surface area contributed by atoms with Crippen molar-refractivity contribution in [2.45, 2.75) is 62.3 Å². The fraction of sp³-hybridized carbons (Fsp3) is 0.435. The fourth-order valence-electron chi connectivity index (χ4n) is 2.87. The molecule has 1 aromatic rings. The number of aryl methyl sites for hydroxylation is 1. The van der Waals surface area contributed by atoms with Crippen LogP contribution in [-0.4, -0.2) is 16.7 Å². The van der Waals surface area contributed by atoms with E-state index < -0.39 is 0 Å². The first-order valence-electron chi connectivity index (χ1n) is 9.29. The van der Waals surface area contributed by atoms with E-state index >= 15 is 0 Å². The molecule has 0 saturated carbocycles. The Morgan fingerprint density at radius 1 is 1.07 bits per heavy atom. The molecular formula is C23H32N2O2. The largest absolute Gasteiger partial charge is 0.295 e. The summed E-state index contributed by atoms with van der Waals surface area (Å²) in [6.45, 7) is 16.9. The molecule has 0 aliphatic carbocycles. The molecule has 27 heavy (non-hydrogen) atoms. The second kappa shape index (κ2) is 9.45. The van der Waals surface area contributed by atoms with Gasteiger partial charge in [0, 0.05) is 30.1 Å². The van der Waals surface area contributed by atoms with Crippen LogP contribution in [0.4, 0.5) is 5.69 Å². The zero-order valence-corrected chi connectivity index (χ0v) is 18.1. The Hall–Kier alpha value is -2.49. The first-order chi connectivity index (χ1) is 12.5. The van der Waals surface area contributed by atoms with E-state index in [1.165, 1.54) is 0 Å². The number of carbonyl (C=O) groups is 2. The van der Waals surface area contributed by atoms with E-state index in [2.05, 4.69) is 24.9 Å². The molecule has 4 heteroatoms. The van der Waals surface area contributed by atoms with Crippen molar-refractivity contribution in [2.75, 3.05) is 4.90 Å². The second-order valence-electron chi connectivity index (χ2n) is 7.44. The van der Waals surface area contributed by atoms with E-state index in [0.29, 0.717) is 11.5 Å². The van der Waals surface area contributed by atoms with Gasteiger partial charge in [0.05, 0.1) is 5.69 Å². The number of anilines is 1. The molecule has 146 valence electrons. The summed E-state index contributed by atoms with van der Waals surface area (Å²) in [6.07, 6.45) is 5.78. The van der Waals surface area contributed by atoms with Gasteiger partial charge < -0.3 is 0 Å². The topological polar surface area (TPSA) is 50.3 Å². The lowest BCUT2D eigenvalue weighted by Crippen LogP contribution is -2.29. The average Bonchev–Trinajstić information content (AvgIpc) is 2.56. The van der Waals surface area contributed by atoms with Crippen LogP contribution in [0.5, 0.6) is 0 Å². The Morgan fingerprint density at radius 2 is 1.67 bits per heavy atom. The smallest absolute Gasteiger partial charge is 0.228 e. The van der Waals surface area contributed by atoms with E-state index in [1.54, 1.807) is 24.9 Å². The number of aromatic nitrogens is 1. The van der Waals surface area contributed by atoms with Crippen molar-refractivity contribution in [3.05, 3.63) is 52.5 Å². The Bertz CT molecular complexity index is 823. The highest BCUT2D eigenvalue weighted by Crippen LogP contribution is 2.34. The highest BCUT2D eigenvalue weighted by molar-refractivity contribution is 6.04. The third-order valence-corrected chi connectivity index (χ3v) is 4.53. The maximum absolute atomic E-state index is 12.7. The molecule has 0 aliphatic heterocycles. The van der Waals surface area contributed by atoms with Crippen LogP contribution in [0.25, 0.3) is 5.57 Å². The van der Waals surface area contributed by atoms with Gasteiger partial charge in [-0.15, -0.1) is 0 Å². The lowest BCUT2D eigenvalue weighted by Gasteiger charge is -2.27. The number of amides is 1. The quantitative estimate of drug-likeness (QED) is 0.483. The molecule has 0 atom stereocenters. The second-order valence-corrected chi connectivity index (χ2v) is 7.44. The summed E-state index contributed by atoms with van der Waals surface area (Å²) in [4.78, 5) is 30.7. The number of hydrogen-bond donors (Lipinski definition) is 0. The molecule has 0 fully saturated rings. The van der Waals surface area contributed by atoms with Crippen LogP contribution >= 0.6 is 0 Å². The Balaban J connectivity index is 3.82. The summed E-state index contributed by atoms with van der Waals surface area (Å²) >= 11 is 0. The van der Waals surface area contributed by atoms with Gasteiger partial charge in [-0.25, -0.2) is 0 Å². The van der Waals surface area contributed by atoms with E-state index in [9.17, 15) is 9.59 Å². The molecule has 1 rings (SSSR count). The number of carbonyl (C=O) groups excluding carboxylic acids is 2. The molecule has 1 heterocycles. The summed E-state index contributed by atoms with van der Waals surface area (Å²) in [5.74, 6) is 0.298. The monoisotopic (exact) mass is 368 g/mol. The van der Waals surface area contributed by atoms with Crippen LogP contribution in [0, 0.1) is 12.8 Å².